The van der Waals surface area contributed by atoms with Crippen LogP contribution in [0.3, 0.4) is 0 Å². The SMILES string of the molecule is Cc1ccc(-c2ccc(-n3ccnc3C3CCCCCCCC3)cc2)cc1. The summed E-state index contributed by atoms with van der Waals surface area (Å²) in [5.74, 6) is 1.84. The fraction of sp³-hybridized carbons (Fsp3) is 0.400. The van der Waals surface area contributed by atoms with Crippen molar-refractivity contribution in [1.29, 1.82) is 0 Å². The monoisotopic (exact) mass is 358 g/mol. The molecule has 0 bridgehead atoms. The smallest absolute Gasteiger partial charge is 0.116 e. The molecule has 2 aromatic carbocycles. The predicted molar refractivity (Wildman–Crippen MR) is 113 cm³/mol. The van der Waals surface area contributed by atoms with E-state index in [4.69, 9.17) is 4.98 Å². The van der Waals surface area contributed by atoms with Crippen molar-refractivity contribution in [1.82, 2.24) is 9.55 Å². The van der Waals surface area contributed by atoms with Crippen LogP contribution in [0.25, 0.3) is 16.8 Å². The van der Waals surface area contributed by atoms with Gasteiger partial charge in [0.15, 0.2) is 0 Å². The van der Waals surface area contributed by atoms with E-state index in [1.54, 1.807) is 0 Å². The van der Waals surface area contributed by atoms with Crippen LogP contribution in [0.5, 0.6) is 0 Å². The summed E-state index contributed by atoms with van der Waals surface area (Å²) in [4.78, 5) is 4.77. The van der Waals surface area contributed by atoms with Gasteiger partial charge < -0.3 is 4.57 Å². The Balaban J connectivity index is 1.57. The predicted octanol–water partition coefficient (Wildman–Crippen LogP) is 7.07. The molecule has 27 heavy (non-hydrogen) atoms. The van der Waals surface area contributed by atoms with Crippen LogP contribution in [-0.4, -0.2) is 9.55 Å². The zero-order chi connectivity index (χ0) is 18.5. The molecule has 1 heterocycles. The Morgan fingerprint density at radius 1 is 0.741 bits per heavy atom. The lowest BCUT2D eigenvalue weighted by Gasteiger charge is -2.18. The van der Waals surface area contributed by atoms with E-state index < -0.39 is 0 Å². The summed E-state index contributed by atoms with van der Waals surface area (Å²) >= 11 is 0. The second kappa shape index (κ2) is 8.56. The van der Waals surface area contributed by atoms with Gasteiger partial charge in [0.05, 0.1) is 0 Å². The Hall–Kier alpha value is -2.35. The van der Waals surface area contributed by atoms with E-state index in [0.29, 0.717) is 5.92 Å². The van der Waals surface area contributed by atoms with Crippen LogP contribution in [0.15, 0.2) is 60.9 Å². The topological polar surface area (TPSA) is 17.8 Å². The van der Waals surface area contributed by atoms with Crippen molar-refractivity contribution in [2.24, 2.45) is 0 Å². The number of nitrogens with zero attached hydrogens (tertiary/aromatic N) is 2. The lowest BCUT2D eigenvalue weighted by Crippen LogP contribution is -2.08. The first-order chi connectivity index (χ1) is 13.3. The number of aromatic nitrogens is 2. The van der Waals surface area contributed by atoms with Gasteiger partial charge in [0.2, 0.25) is 0 Å². The normalized spacial score (nSPS) is 16.5. The van der Waals surface area contributed by atoms with E-state index in [9.17, 15) is 0 Å². The fourth-order valence-electron chi connectivity index (χ4n) is 4.29. The molecular weight excluding hydrogens is 328 g/mol. The highest BCUT2D eigenvalue weighted by Gasteiger charge is 2.18. The third-order valence-corrected chi connectivity index (χ3v) is 5.92. The van der Waals surface area contributed by atoms with Crippen LogP contribution in [0.4, 0.5) is 0 Å². The minimum atomic E-state index is 0.592. The lowest BCUT2D eigenvalue weighted by molar-refractivity contribution is 0.510. The summed E-state index contributed by atoms with van der Waals surface area (Å²) in [7, 11) is 0. The number of rotatable bonds is 3. The summed E-state index contributed by atoms with van der Waals surface area (Å²) < 4.78 is 2.31. The Labute approximate surface area is 163 Å². The molecule has 0 radical (unpaired) electrons. The Morgan fingerprint density at radius 2 is 1.30 bits per heavy atom. The number of imidazole rings is 1. The van der Waals surface area contributed by atoms with Gasteiger partial charge in [-0.25, -0.2) is 4.98 Å². The van der Waals surface area contributed by atoms with Crippen LogP contribution < -0.4 is 0 Å². The molecule has 0 spiro atoms. The second-order valence-corrected chi connectivity index (χ2v) is 7.96. The van der Waals surface area contributed by atoms with E-state index in [1.165, 1.54) is 79.6 Å². The van der Waals surface area contributed by atoms with E-state index in [0.717, 1.165) is 0 Å². The number of hydrogen-bond acceptors (Lipinski definition) is 1. The van der Waals surface area contributed by atoms with E-state index in [1.807, 2.05) is 6.20 Å². The van der Waals surface area contributed by atoms with Crippen molar-refractivity contribution in [2.45, 2.75) is 64.2 Å². The summed E-state index contributed by atoms with van der Waals surface area (Å²) in [6, 6.07) is 17.7. The first-order valence-corrected chi connectivity index (χ1v) is 10.5. The molecule has 0 N–H and O–H groups in total. The molecule has 3 aromatic rings. The van der Waals surface area contributed by atoms with Crippen LogP contribution in [0.1, 0.15) is 68.7 Å². The van der Waals surface area contributed by atoms with Gasteiger partial charge in [-0.2, -0.15) is 0 Å². The third kappa shape index (κ3) is 4.32. The molecule has 1 fully saturated rings. The summed E-state index contributed by atoms with van der Waals surface area (Å²) in [5.41, 5.74) is 5.06. The van der Waals surface area contributed by atoms with Crippen molar-refractivity contribution in [3.05, 3.63) is 72.3 Å². The number of benzene rings is 2. The number of aryl methyl sites for hydroxylation is 1. The van der Waals surface area contributed by atoms with Gasteiger partial charge in [-0.15, -0.1) is 0 Å². The van der Waals surface area contributed by atoms with Gasteiger partial charge in [-0.1, -0.05) is 80.5 Å². The van der Waals surface area contributed by atoms with E-state index in [-0.39, 0.29) is 0 Å². The zero-order valence-corrected chi connectivity index (χ0v) is 16.4. The molecule has 140 valence electrons. The van der Waals surface area contributed by atoms with Gasteiger partial charge in [0, 0.05) is 24.0 Å². The largest absolute Gasteiger partial charge is 0.304 e. The summed E-state index contributed by atoms with van der Waals surface area (Å²) in [5, 5.41) is 0. The Morgan fingerprint density at radius 3 is 1.93 bits per heavy atom. The molecule has 2 heteroatoms. The summed E-state index contributed by atoms with van der Waals surface area (Å²) in [6.45, 7) is 2.13. The van der Waals surface area contributed by atoms with Gasteiger partial charge in [-0.05, 0) is 43.0 Å². The lowest BCUT2D eigenvalue weighted by atomic mass is 9.96. The maximum atomic E-state index is 4.77. The quantitative estimate of drug-likeness (QED) is 0.490. The van der Waals surface area contributed by atoms with Gasteiger partial charge in [0.25, 0.3) is 0 Å². The molecule has 0 saturated heterocycles. The highest BCUT2D eigenvalue weighted by Crippen LogP contribution is 2.31. The van der Waals surface area contributed by atoms with Crippen molar-refractivity contribution >= 4 is 0 Å². The molecule has 0 atom stereocenters. The second-order valence-electron chi connectivity index (χ2n) is 7.96. The standard InChI is InChI=1S/C25H30N2/c1-20-10-12-21(13-11-20)22-14-16-24(17-15-22)27-19-18-26-25(27)23-8-6-4-2-3-5-7-9-23/h10-19,23H,2-9H2,1H3. The summed E-state index contributed by atoms with van der Waals surface area (Å²) in [6.07, 6.45) is 14.9. The molecule has 1 aliphatic rings. The minimum absolute atomic E-state index is 0.592. The van der Waals surface area contributed by atoms with Crippen molar-refractivity contribution in [2.75, 3.05) is 0 Å². The van der Waals surface area contributed by atoms with E-state index >= 15 is 0 Å². The average Bonchev–Trinajstić information content (AvgIpc) is 3.22. The van der Waals surface area contributed by atoms with E-state index in [2.05, 4.69) is 66.2 Å². The van der Waals surface area contributed by atoms with Crippen LogP contribution in [-0.2, 0) is 0 Å². The maximum absolute atomic E-state index is 4.77. The fourth-order valence-corrected chi connectivity index (χ4v) is 4.29. The van der Waals surface area contributed by atoms with Crippen LogP contribution >= 0.6 is 0 Å². The average molecular weight is 359 g/mol. The molecule has 4 rings (SSSR count). The maximum Gasteiger partial charge on any atom is 0.116 e. The zero-order valence-electron chi connectivity index (χ0n) is 16.4. The first kappa shape index (κ1) is 18.0. The van der Waals surface area contributed by atoms with Crippen molar-refractivity contribution < 1.29 is 0 Å². The van der Waals surface area contributed by atoms with Gasteiger partial charge >= 0.3 is 0 Å². The molecule has 0 unspecified atom stereocenters. The Kier molecular flexibility index (Phi) is 5.72. The third-order valence-electron chi connectivity index (χ3n) is 5.92. The molecule has 1 aromatic heterocycles. The molecular formula is C25H30N2. The Bertz CT molecular complexity index is 833. The van der Waals surface area contributed by atoms with Gasteiger partial charge in [0.1, 0.15) is 5.82 Å². The van der Waals surface area contributed by atoms with Crippen LogP contribution in [0.2, 0.25) is 0 Å². The highest BCUT2D eigenvalue weighted by molar-refractivity contribution is 5.65. The van der Waals surface area contributed by atoms with Crippen LogP contribution in [0, 0.1) is 6.92 Å². The highest BCUT2D eigenvalue weighted by atomic mass is 15.1. The molecule has 1 saturated carbocycles. The molecule has 1 aliphatic carbocycles. The van der Waals surface area contributed by atoms with Gasteiger partial charge in [-0.3, -0.25) is 0 Å². The van der Waals surface area contributed by atoms with Crippen molar-refractivity contribution in [3.8, 4) is 16.8 Å². The molecule has 0 aliphatic heterocycles. The minimum Gasteiger partial charge on any atom is -0.304 e. The molecule has 2 nitrogen and oxygen atoms in total. The van der Waals surface area contributed by atoms with Crippen molar-refractivity contribution in [3.63, 3.8) is 0 Å². The molecule has 0 amide bonds. The first-order valence-electron chi connectivity index (χ1n) is 10.5. The number of hydrogen-bond donors (Lipinski definition) is 0.